The Labute approximate surface area is 147 Å². The number of oxazole rings is 1. The van der Waals surface area contributed by atoms with E-state index in [1.54, 1.807) is 6.26 Å². The number of aromatic nitrogens is 1. The lowest BCUT2D eigenvalue weighted by molar-refractivity contribution is 0.471. The van der Waals surface area contributed by atoms with Gasteiger partial charge in [-0.3, -0.25) is 0 Å². The van der Waals surface area contributed by atoms with Gasteiger partial charge in [-0.05, 0) is 54.8 Å². The van der Waals surface area contributed by atoms with Gasteiger partial charge in [0.15, 0.2) is 0 Å². The van der Waals surface area contributed by atoms with E-state index in [1.807, 2.05) is 0 Å². The molecule has 3 rings (SSSR count). The molecule has 0 aliphatic heterocycles. The second-order valence-corrected chi connectivity index (χ2v) is 7.86. The summed E-state index contributed by atoms with van der Waals surface area (Å²) >= 11 is 6.93. The number of nitrogens with zero attached hydrogens (tertiary/aromatic N) is 1. The summed E-state index contributed by atoms with van der Waals surface area (Å²) in [5.74, 6) is -0.281. The van der Waals surface area contributed by atoms with Crippen molar-refractivity contribution < 1.29 is 17.2 Å². The zero-order valence-corrected chi connectivity index (χ0v) is 14.8. The average Bonchev–Trinajstić information content (AvgIpc) is 3.01. The molecule has 0 saturated heterocycles. The first kappa shape index (κ1) is 17.0. The molecule has 0 spiro atoms. The third kappa shape index (κ3) is 3.19. The zero-order valence-electron chi connectivity index (χ0n) is 12.4. The Morgan fingerprint density at radius 1 is 1.08 bits per heavy atom. The standard InChI is InChI=1S/C16H11ClFNO3S2/c1-23-16-15(24(20,21)13-8-4-11(17)5-9-13)19-14(22-16)10-2-6-12(18)7-3-10/h2-9H,1H3. The summed E-state index contributed by atoms with van der Waals surface area (Å²) < 4.78 is 44.1. The fourth-order valence-corrected chi connectivity index (χ4v) is 4.30. The molecule has 0 amide bonds. The summed E-state index contributed by atoms with van der Waals surface area (Å²) in [7, 11) is -3.85. The Bertz CT molecular complexity index is 968. The number of rotatable bonds is 4. The van der Waals surface area contributed by atoms with Crippen LogP contribution in [0.3, 0.4) is 0 Å². The molecule has 8 heteroatoms. The quantitative estimate of drug-likeness (QED) is 0.612. The Balaban J connectivity index is 2.10. The highest BCUT2D eigenvalue weighted by atomic mass is 35.5. The average molecular weight is 384 g/mol. The molecule has 0 aliphatic rings. The summed E-state index contributed by atoms with van der Waals surface area (Å²) in [6.07, 6.45) is 1.69. The first-order valence-corrected chi connectivity index (χ1v) is 9.82. The van der Waals surface area contributed by atoms with Crippen molar-refractivity contribution in [1.82, 2.24) is 4.98 Å². The van der Waals surface area contributed by atoms with E-state index in [9.17, 15) is 12.8 Å². The third-order valence-electron chi connectivity index (χ3n) is 3.22. The van der Waals surface area contributed by atoms with Crippen LogP contribution in [0.5, 0.6) is 0 Å². The Morgan fingerprint density at radius 3 is 2.29 bits per heavy atom. The van der Waals surface area contributed by atoms with Crippen molar-refractivity contribution >= 4 is 33.2 Å². The molecule has 0 saturated carbocycles. The van der Waals surface area contributed by atoms with Gasteiger partial charge < -0.3 is 4.42 Å². The summed E-state index contributed by atoms with van der Waals surface area (Å²) in [5.41, 5.74) is 0.490. The molecule has 0 fully saturated rings. The molecule has 24 heavy (non-hydrogen) atoms. The molecule has 0 atom stereocenters. The summed E-state index contributed by atoms with van der Waals surface area (Å²) in [4.78, 5) is 4.19. The van der Waals surface area contributed by atoms with Gasteiger partial charge in [-0.2, -0.15) is 4.98 Å². The molecular formula is C16H11ClFNO3S2. The minimum absolute atomic E-state index is 0.0705. The number of halogens is 2. The Kier molecular flexibility index (Phi) is 4.67. The van der Waals surface area contributed by atoms with E-state index in [0.717, 1.165) is 11.8 Å². The molecule has 1 aromatic heterocycles. The Hall–Kier alpha value is -1.83. The lowest BCUT2D eigenvalue weighted by Crippen LogP contribution is -2.03. The summed E-state index contributed by atoms with van der Waals surface area (Å²) in [6.45, 7) is 0. The van der Waals surface area contributed by atoms with Gasteiger partial charge in [0.2, 0.25) is 25.8 Å². The van der Waals surface area contributed by atoms with Gasteiger partial charge in [-0.15, -0.1) is 0 Å². The number of thioether (sulfide) groups is 1. The van der Waals surface area contributed by atoms with Crippen molar-refractivity contribution in [1.29, 1.82) is 0 Å². The molecule has 0 radical (unpaired) electrons. The zero-order chi connectivity index (χ0) is 17.3. The molecule has 0 unspecified atom stereocenters. The highest BCUT2D eigenvalue weighted by Crippen LogP contribution is 2.34. The van der Waals surface area contributed by atoms with Crippen molar-refractivity contribution in [3.63, 3.8) is 0 Å². The molecule has 0 bridgehead atoms. The molecule has 3 aromatic rings. The van der Waals surface area contributed by atoms with Crippen LogP contribution in [-0.4, -0.2) is 19.7 Å². The van der Waals surface area contributed by atoms with Gasteiger partial charge in [0.05, 0.1) is 4.90 Å². The van der Waals surface area contributed by atoms with E-state index in [2.05, 4.69) is 4.98 Å². The van der Waals surface area contributed by atoms with Gasteiger partial charge in [-0.25, -0.2) is 12.8 Å². The highest BCUT2D eigenvalue weighted by Gasteiger charge is 2.28. The molecule has 4 nitrogen and oxygen atoms in total. The van der Waals surface area contributed by atoms with Crippen LogP contribution in [0.1, 0.15) is 0 Å². The van der Waals surface area contributed by atoms with Crippen molar-refractivity contribution in [2.75, 3.05) is 6.26 Å². The van der Waals surface area contributed by atoms with E-state index >= 15 is 0 Å². The number of benzene rings is 2. The first-order valence-electron chi connectivity index (χ1n) is 6.73. The SMILES string of the molecule is CSc1oc(-c2ccc(F)cc2)nc1S(=O)(=O)c1ccc(Cl)cc1. The first-order chi connectivity index (χ1) is 11.4. The number of hydrogen-bond donors (Lipinski definition) is 0. The van der Waals surface area contributed by atoms with Gasteiger partial charge in [0.1, 0.15) is 5.82 Å². The predicted molar refractivity (Wildman–Crippen MR) is 90.6 cm³/mol. The highest BCUT2D eigenvalue weighted by molar-refractivity contribution is 7.99. The van der Waals surface area contributed by atoms with E-state index in [0.29, 0.717) is 10.6 Å². The van der Waals surface area contributed by atoms with Crippen LogP contribution in [-0.2, 0) is 9.84 Å². The van der Waals surface area contributed by atoms with Crippen LogP contribution < -0.4 is 0 Å². The smallest absolute Gasteiger partial charge is 0.228 e. The lowest BCUT2D eigenvalue weighted by atomic mass is 10.2. The largest absolute Gasteiger partial charge is 0.428 e. The van der Waals surface area contributed by atoms with Gasteiger partial charge in [0, 0.05) is 10.6 Å². The lowest BCUT2D eigenvalue weighted by Gasteiger charge is -2.02. The van der Waals surface area contributed by atoms with Crippen molar-refractivity contribution in [3.05, 3.63) is 59.4 Å². The number of sulfone groups is 1. The fourth-order valence-electron chi connectivity index (χ4n) is 2.03. The second kappa shape index (κ2) is 6.58. The summed E-state index contributed by atoms with van der Waals surface area (Å²) in [5, 5.41) is 0.437. The maximum Gasteiger partial charge on any atom is 0.228 e. The van der Waals surface area contributed by atoms with Crippen LogP contribution in [0.2, 0.25) is 5.02 Å². The molecule has 0 aliphatic carbocycles. The molecule has 124 valence electrons. The number of hydrogen-bond acceptors (Lipinski definition) is 5. The van der Waals surface area contributed by atoms with Crippen molar-refractivity contribution in [2.45, 2.75) is 15.0 Å². The van der Waals surface area contributed by atoms with Gasteiger partial charge in [-0.1, -0.05) is 23.4 Å². The van der Waals surface area contributed by atoms with Crippen LogP contribution in [0, 0.1) is 5.82 Å². The van der Waals surface area contributed by atoms with Crippen LogP contribution in [0.4, 0.5) is 4.39 Å². The molecule has 2 aromatic carbocycles. The third-order valence-corrected chi connectivity index (χ3v) is 5.93. The molecule has 0 N–H and O–H groups in total. The monoisotopic (exact) mass is 383 g/mol. The Morgan fingerprint density at radius 2 is 1.71 bits per heavy atom. The maximum absolute atomic E-state index is 13.0. The minimum atomic E-state index is -3.85. The van der Waals surface area contributed by atoms with Crippen molar-refractivity contribution in [2.24, 2.45) is 0 Å². The van der Waals surface area contributed by atoms with E-state index < -0.39 is 15.7 Å². The predicted octanol–water partition coefficient (Wildman–Crippen LogP) is 4.69. The van der Waals surface area contributed by atoms with Gasteiger partial charge >= 0.3 is 0 Å². The molecule has 1 heterocycles. The maximum atomic E-state index is 13.0. The normalized spacial score (nSPS) is 11.6. The molecular weight excluding hydrogens is 373 g/mol. The fraction of sp³-hybridized carbons (Fsp3) is 0.0625. The minimum Gasteiger partial charge on any atom is -0.428 e. The van der Waals surface area contributed by atoms with E-state index in [1.165, 1.54) is 48.5 Å². The van der Waals surface area contributed by atoms with Gasteiger partial charge in [0.25, 0.3) is 0 Å². The summed E-state index contributed by atoms with van der Waals surface area (Å²) in [6, 6.07) is 11.3. The van der Waals surface area contributed by atoms with Crippen molar-refractivity contribution in [3.8, 4) is 11.5 Å². The van der Waals surface area contributed by atoms with Crippen LogP contribution in [0.15, 0.2) is 68.0 Å². The second-order valence-electron chi connectivity index (χ2n) is 4.78. The van der Waals surface area contributed by atoms with Crippen LogP contribution >= 0.6 is 23.4 Å². The van der Waals surface area contributed by atoms with E-state index in [4.69, 9.17) is 16.0 Å². The van der Waals surface area contributed by atoms with Crippen LogP contribution in [0.25, 0.3) is 11.5 Å². The topological polar surface area (TPSA) is 60.2 Å². The van der Waals surface area contributed by atoms with E-state index in [-0.39, 0.29) is 20.9 Å².